The lowest BCUT2D eigenvalue weighted by Crippen LogP contribution is -2.21. The predicted molar refractivity (Wildman–Crippen MR) is 73.5 cm³/mol. The van der Waals surface area contributed by atoms with Gasteiger partial charge in [-0.2, -0.15) is 11.8 Å². The van der Waals surface area contributed by atoms with Crippen molar-refractivity contribution in [3.63, 3.8) is 0 Å². The Hall–Kier alpha value is -0.440. The molecule has 2 aliphatic heterocycles. The number of aromatic nitrogens is 2. The van der Waals surface area contributed by atoms with Crippen molar-refractivity contribution < 1.29 is 0 Å². The summed E-state index contributed by atoms with van der Waals surface area (Å²) in [5, 5.41) is 0. The lowest BCUT2D eigenvalue weighted by atomic mass is 9.96. The van der Waals surface area contributed by atoms with Gasteiger partial charge in [0, 0.05) is 24.9 Å². The first kappa shape index (κ1) is 11.6. The molecular formula is C14H22N2S. The normalized spacial score (nSPS) is 25.8. The third-order valence-corrected chi connectivity index (χ3v) is 5.28. The summed E-state index contributed by atoms with van der Waals surface area (Å²) in [6.45, 7) is 3.56. The van der Waals surface area contributed by atoms with E-state index in [1.54, 1.807) is 0 Å². The van der Waals surface area contributed by atoms with E-state index in [1.807, 2.05) is 0 Å². The molecule has 3 heteroatoms. The second kappa shape index (κ2) is 5.05. The van der Waals surface area contributed by atoms with Crippen LogP contribution in [0.2, 0.25) is 0 Å². The number of hydrogen-bond donors (Lipinski definition) is 0. The van der Waals surface area contributed by atoms with E-state index in [1.165, 1.54) is 61.7 Å². The van der Waals surface area contributed by atoms with E-state index in [-0.39, 0.29) is 0 Å². The van der Waals surface area contributed by atoms with Crippen LogP contribution in [0.1, 0.15) is 37.7 Å². The Morgan fingerprint density at radius 1 is 1.35 bits per heavy atom. The number of thioether (sulfide) groups is 1. The maximum atomic E-state index is 4.68. The fourth-order valence-corrected chi connectivity index (χ4v) is 4.27. The van der Waals surface area contributed by atoms with E-state index in [4.69, 9.17) is 0 Å². The van der Waals surface area contributed by atoms with Crippen LogP contribution in [-0.4, -0.2) is 21.1 Å². The van der Waals surface area contributed by atoms with Crippen LogP contribution >= 0.6 is 11.8 Å². The average Bonchev–Trinajstić information content (AvgIpc) is 2.73. The third-order valence-electron chi connectivity index (χ3n) is 4.24. The topological polar surface area (TPSA) is 17.8 Å². The van der Waals surface area contributed by atoms with E-state index >= 15 is 0 Å². The molecule has 0 spiro atoms. The van der Waals surface area contributed by atoms with Gasteiger partial charge in [-0.15, -0.1) is 0 Å². The minimum Gasteiger partial charge on any atom is -0.332 e. The van der Waals surface area contributed by atoms with E-state index in [2.05, 4.69) is 34.4 Å². The molecule has 0 aromatic carbocycles. The third kappa shape index (κ3) is 2.54. The smallest absolute Gasteiger partial charge is 0.109 e. The van der Waals surface area contributed by atoms with Crippen LogP contribution in [0.5, 0.6) is 0 Å². The van der Waals surface area contributed by atoms with Crippen molar-refractivity contribution >= 4 is 11.8 Å². The average molecular weight is 250 g/mol. The summed E-state index contributed by atoms with van der Waals surface area (Å²) in [6.07, 6.45) is 8.69. The van der Waals surface area contributed by atoms with Gasteiger partial charge in [-0.3, -0.25) is 0 Å². The summed E-state index contributed by atoms with van der Waals surface area (Å²) in [5.74, 6) is 5.81. The molecule has 0 saturated carbocycles. The van der Waals surface area contributed by atoms with Crippen molar-refractivity contribution in [2.24, 2.45) is 11.8 Å². The second-order valence-electron chi connectivity index (χ2n) is 5.68. The largest absolute Gasteiger partial charge is 0.332 e. The highest BCUT2D eigenvalue weighted by atomic mass is 32.2. The molecule has 0 bridgehead atoms. The Morgan fingerprint density at radius 2 is 2.18 bits per heavy atom. The lowest BCUT2D eigenvalue weighted by Gasteiger charge is -2.24. The van der Waals surface area contributed by atoms with Gasteiger partial charge >= 0.3 is 0 Å². The number of nitrogens with zero attached hydrogens (tertiary/aromatic N) is 2. The zero-order valence-corrected chi connectivity index (χ0v) is 11.5. The minimum absolute atomic E-state index is 0.845. The maximum Gasteiger partial charge on any atom is 0.109 e. The fraction of sp³-hybridized carbons (Fsp3) is 0.786. The Kier molecular flexibility index (Phi) is 3.46. The van der Waals surface area contributed by atoms with Crippen LogP contribution in [0.3, 0.4) is 0 Å². The molecule has 0 amide bonds. The van der Waals surface area contributed by atoms with Crippen LogP contribution in [0.15, 0.2) is 6.20 Å². The summed E-state index contributed by atoms with van der Waals surface area (Å²) in [6, 6.07) is 0. The zero-order valence-electron chi connectivity index (χ0n) is 10.7. The van der Waals surface area contributed by atoms with Gasteiger partial charge < -0.3 is 4.57 Å². The first-order valence-corrected chi connectivity index (χ1v) is 8.09. The van der Waals surface area contributed by atoms with Crippen LogP contribution in [0.25, 0.3) is 0 Å². The minimum atomic E-state index is 0.845. The van der Waals surface area contributed by atoms with Gasteiger partial charge in [0.15, 0.2) is 0 Å². The quantitative estimate of drug-likeness (QED) is 0.802. The van der Waals surface area contributed by atoms with E-state index in [0.29, 0.717) is 0 Å². The molecule has 94 valence electrons. The highest BCUT2D eigenvalue weighted by Gasteiger charge is 2.21. The number of imidazole rings is 1. The molecule has 0 radical (unpaired) electrons. The fourth-order valence-electron chi connectivity index (χ4n) is 3.07. The number of fused-ring (bicyclic) bond motifs is 1. The van der Waals surface area contributed by atoms with Crippen molar-refractivity contribution in [1.29, 1.82) is 0 Å². The Morgan fingerprint density at radius 3 is 3.00 bits per heavy atom. The Balaban J connectivity index is 1.71. The molecule has 1 aromatic heterocycles. The van der Waals surface area contributed by atoms with Gasteiger partial charge in [0.1, 0.15) is 5.82 Å². The molecule has 1 fully saturated rings. The van der Waals surface area contributed by atoms with E-state index < -0.39 is 0 Å². The van der Waals surface area contributed by atoms with Gasteiger partial charge in [0.25, 0.3) is 0 Å². The molecule has 3 heterocycles. The van der Waals surface area contributed by atoms with E-state index in [9.17, 15) is 0 Å². The molecule has 3 rings (SSSR count). The molecule has 1 atom stereocenters. The molecule has 0 aliphatic carbocycles. The van der Waals surface area contributed by atoms with Gasteiger partial charge in [0.2, 0.25) is 0 Å². The molecule has 2 aliphatic rings. The highest BCUT2D eigenvalue weighted by molar-refractivity contribution is 7.99. The molecular weight excluding hydrogens is 228 g/mol. The molecule has 2 nitrogen and oxygen atoms in total. The van der Waals surface area contributed by atoms with Crippen molar-refractivity contribution in [2.45, 2.75) is 45.6 Å². The summed E-state index contributed by atoms with van der Waals surface area (Å²) in [4.78, 5) is 4.68. The monoisotopic (exact) mass is 250 g/mol. The van der Waals surface area contributed by atoms with Crippen molar-refractivity contribution in [1.82, 2.24) is 9.55 Å². The van der Waals surface area contributed by atoms with Crippen molar-refractivity contribution in [2.75, 3.05) is 11.5 Å². The van der Waals surface area contributed by atoms with Crippen molar-refractivity contribution in [3.05, 3.63) is 17.7 Å². The summed E-state index contributed by atoms with van der Waals surface area (Å²) in [5.41, 5.74) is 1.48. The molecule has 17 heavy (non-hydrogen) atoms. The SMILES string of the molecule is CC1CCn2c(cnc2CC2CCSCC2)C1. The van der Waals surface area contributed by atoms with Crippen LogP contribution in [-0.2, 0) is 19.4 Å². The Labute approximate surface area is 108 Å². The highest BCUT2D eigenvalue weighted by Crippen LogP contribution is 2.27. The van der Waals surface area contributed by atoms with Crippen LogP contribution in [0, 0.1) is 11.8 Å². The second-order valence-corrected chi connectivity index (χ2v) is 6.90. The van der Waals surface area contributed by atoms with Gasteiger partial charge in [-0.25, -0.2) is 4.98 Å². The zero-order chi connectivity index (χ0) is 11.7. The number of hydrogen-bond acceptors (Lipinski definition) is 2. The van der Waals surface area contributed by atoms with Gasteiger partial charge in [0.05, 0.1) is 0 Å². The van der Waals surface area contributed by atoms with Gasteiger partial charge in [-0.05, 0) is 49.0 Å². The summed E-state index contributed by atoms with van der Waals surface area (Å²) in [7, 11) is 0. The van der Waals surface area contributed by atoms with Crippen molar-refractivity contribution in [3.8, 4) is 0 Å². The van der Waals surface area contributed by atoms with Crippen LogP contribution in [0.4, 0.5) is 0 Å². The first-order valence-electron chi connectivity index (χ1n) is 6.94. The number of rotatable bonds is 2. The standard InChI is InChI=1S/C14H22N2S/c1-11-2-5-16-13(8-11)10-15-14(16)9-12-3-6-17-7-4-12/h10-12H,2-9H2,1H3. The lowest BCUT2D eigenvalue weighted by molar-refractivity contribution is 0.394. The molecule has 0 N–H and O–H groups in total. The maximum absolute atomic E-state index is 4.68. The van der Waals surface area contributed by atoms with Crippen LogP contribution < -0.4 is 0 Å². The predicted octanol–water partition coefficient (Wildman–Crippen LogP) is 3.15. The van der Waals surface area contributed by atoms with E-state index in [0.717, 1.165) is 11.8 Å². The molecule has 1 saturated heterocycles. The molecule has 1 aromatic rings. The summed E-state index contributed by atoms with van der Waals surface area (Å²) >= 11 is 2.11. The first-order chi connectivity index (χ1) is 8.33. The summed E-state index contributed by atoms with van der Waals surface area (Å²) < 4.78 is 2.50. The van der Waals surface area contributed by atoms with Gasteiger partial charge in [-0.1, -0.05) is 6.92 Å². The molecule has 1 unspecified atom stereocenters. The Bertz CT molecular complexity index is 380.